The van der Waals surface area contributed by atoms with Crippen LogP contribution in [0.2, 0.25) is 0 Å². The van der Waals surface area contributed by atoms with Gasteiger partial charge in [0.05, 0.1) is 0 Å². The topological polar surface area (TPSA) is 42.0 Å². The van der Waals surface area contributed by atoms with E-state index in [2.05, 4.69) is 10.3 Å². The van der Waals surface area contributed by atoms with Gasteiger partial charge in [0.2, 0.25) is 0 Å². The summed E-state index contributed by atoms with van der Waals surface area (Å²) >= 11 is 0. The van der Waals surface area contributed by atoms with Gasteiger partial charge in [-0.05, 0) is 18.0 Å². The Kier molecular flexibility index (Phi) is 3.83. The van der Waals surface area contributed by atoms with Crippen molar-refractivity contribution < 1.29 is 4.79 Å². The number of fused-ring (bicyclic) bond motifs is 1. The molecule has 1 aromatic carbocycles. The number of nitrogens with one attached hydrogen (secondary N) is 1. The highest BCUT2D eigenvalue weighted by Gasteiger charge is 2.08. The molecule has 3 heteroatoms. The Morgan fingerprint density at radius 2 is 2.24 bits per heavy atom. The number of ketones is 1. The van der Waals surface area contributed by atoms with E-state index in [1.165, 1.54) is 0 Å². The summed E-state index contributed by atoms with van der Waals surface area (Å²) in [6.07, 6.45) is 4.05. The van der Waals surface area contributed by atoms with Crippen molar-refractivity contribution in [3.63, 3.8) is 0 Å². The highest BCUT2D eigenvalue weighted by Crippen LogP contribution is 2.18. The van der Waals surface area contributed by atoms with E-state index in [1.54, 1.807) is 12.4 Å². The summed E-state index contributed by atoms with van der Waals surface area (Å²) in [5.74, 6) is 0.183. The van der Waals surface area contributed by atoms with Crippen LogP contribution >= 0.6 is 0 Å². The maximum Gasteiger partial charge on any atom is 0.164 e. The molecule has 0 bridgehead atoms. The first-order valence-electron chi connectivity index (χ1n) is 5.89. The minimum absolute atomic E-state index is 0.183. The maximum absolute atomic E-state index is 12.1. The monoisotopic (exact) mass is 228 g/mol. The quantitative estimate of drug-likeness (QED) is 0.631. The van der Waals surface area contributed by atoms with Gasteiger partial charge in [-0.1, -0.05) is 25.1 Å². The van der Waals surface area contributed by atoms with Crippen molar-refractivity contribution in [1.82, 2.24) is 10.3 Å². The van der Waals surface area contributed by atoms with Crippen LogP contribution in [-0.2, 0) is 0 Å². The van der Waals surface area contributed by atoms with Crippen molar-refractivity contribution in [2.75, 3.05) is 13.1 Å². The second-order valence-corrected chi connectivity index (χ2v) is 3.93. The average molecular weight is 228 g/mol. The fraction of sp³-hybridized carbons (Fsp3) is 0.286. The molecule has 2 aromatic rings. The van der Waals surface area contributed by atoms with Gasteiger partial charge in [0.1, 0.15) is 0 Å². The number of hydrogen-bond acceptors (Lipinski definition) is 3. The third kappa shape index (κ3) is 2.68. The summed E-state index contributed by atoms with van der Waals surface area (Å²) in [6.45, 7) is 3.66. The minimum Gasteiger partial charge on any atom is -0.317 e. The first-order valence-corrected chi connectivity index (χ1v) is 5.89. The molecule has 0 radical (unpaired) electrons. The number of carbonyl (C=O) groups is 1. The predicted octanol–water partition coefficient (Wildman–Crippen LogP) is 2.42. The Morgan fingerprint density at radius 3 is 3.06 bits per heavy atom. The molecule has 0 spiro atoms. The first kappa shape index (κ1) is 11.7. The zero-order chi connectivity index (χ0) is 12.1. The Hall–Kier alpha value is -1.74. The molecule has 2 rings (SSSR count). The molecule has 0 aliphatic rings. The summed E-state index contributed by atoms with van der Waals surface area (Å²) in [5.41, 5.74) is 0.794. The molecule has 1 heterocycles. The standard InChI is InChI=1S/C14H16N2O/c1-2-15-9-7-14(17)13-5-3-4-11-10-16-8-6-12(11)13/h3-6,8,10,15H,2,7,9H2,1H3. The Labute approximate surface area is 101 Å². The lowest BCUT2D eigenvalue weighted by Crippen LogP contribution is -2.17. The highest BCUT2D eigenvalue weighted by molar-refractivity contribution is 6.07. The van der Waals surface area contributed by atoms with Crippen molar-refractivity contribution >= 4 is 16.6 Å². The Morgan fingerprint density at radius 1 is 1.35 bits per heavy atom. The van der Waals surface area contributed by atoms with Gasteiger partial charge in [-0.15, -0.1) is 0 Å². The summed E-state index contributed by atoms with van der Waals surface area (Å²) in [7, 11) is 0. The number of pyridine rings is 1. The zero-order valence-electron chi connectivity index (χ0n) is 9.94. The molecule has 1 aromatic heterocycles. The molecule has 0 saturated carbocycles. The van der Waals surface area contributed by atoms with Crippen LogP contribution in [0.3, 0.4) is 0 Å². The molecule has 0 aliphatic carbocycles. The third-order valence-electron chi connectivity index (χ3n) is 2.76. The lowest BCUT2D eigenvalue weighted by molar-refractivity contribution is 0.0984. The van der Waals surface area contributed by atoms with Gasteiger partial charge < -0.3 is 5.32 Å². The van der Waals surface area contributed by atoms with E-state index in [9.17, 15) is 4.79 Å². The van der Waals surface area contributed by atoms with Crippen LogP contribution in [0.15, 0.2) is 36.7 Å². The van der Waals surface area contributed by atoms with Crippen LogP contribution in [-0.4, -0.2) is 23.9 Å². The van der Waals surface area contributed by atoms with Crippen LogP contribution in [0.4, 0.5) is 0 Å². The van der Waals surface area contributed by atoms with E-state index in [0.29, 0.717) is 6.42 Å². The van der Waals surface area contributed by atoms with Crippen molar-refractivity contribution in [3.05, 3.63) is 42.2 Å². The molecule has 0 unspecified atom stereocenters. The van der Waals surface area contributed by atoms with E-state index in [-0.39, 0.29) is 5.78 Å². The molecule has 0 aliphatic heterocycles. The van der Waals surface area contributed by atoms with Gasteiger partial charge in [0.25, 0.3) is 0 Å². The van der Waals surface area contributed by atoms with Crippen molar-refractivity contribution in [3.8, 4) is 0 Å². The molecule has 0 atom stereocenters. The summed E-state index contributed by atoms with van der Waals surface area (Å²) < 4.78 is 0. The smallest absolute Gasteiger partial charge is 0.164 e. The van der Waals surface area contributed by atoms with Crippen molar-refractivity contribution in [1.29, 1.82) is 0 Å². The van der Waals surface area contributed by atoms with E-state index >= 15 is 0 Å². The molecular weight excluding hydrogens is 212 g/mol. The molecular formula is C14H16N2O. The molecule has 1 N–H and O–H groups in total. The van der Waals surface area contributed by atoms with Crippen LogP contribution in [0, 0.1) is 0 Å². The fourth-order valence-corrected chi connectivity index (χ4v) is 1.88. The Bertz CT molecular complexity index is 517. The van der Waals surface area contributed by atoms with Crippen LogP contribution in [0.25, 0.3) is 10.8 Å². The first-order chi connectivity index (χ1) is 8.33. The van der Waals surface area contributed by atoms with Crippen LogP contribution < -0.4 is 5.32 Å². The lowest BCUT2D eigenvalue weighted by atomic mass is 10.0. The molecule has 3 nitrogen and oxygen atoms in total. The maximum atomic E-state index is 12.1. The lowest BCUT2D eigenvalue weighted by Gasteiger charge is -2.05. The Balaban J connectivity index is 2.26. The highest BCUT2D eigenvalue weighted by atomic mass is 16.1. The number of benzene rings is 1. The normalized spacial score (nSPS) is 10.6. The second kappa shape index (κ2) is 5.55. The van der Waals surface area contributed by atoms with Gasteiger partial charge in [0.15, 0.2) is 5.78 Å². The molecule has 0 saturated heterocycles. The van der Waals surface area contributed by atoms with Gasteiger partial charge in [0, 0.05) is 36.3 Å². The van der Waals surface area contributed by atoms with E-state index in [4.69, 9.17) is 0 Å². The number of nitrogens with zero attached hydrogens (tertiary/aromatic N) is 1. The number of aromatic nitrogens is 1. The van der Waals surface area contributed by atoms with E-state index in [0.717, 1.165) is 29.4 Å². The summed E-state index contributed by atoms with van der Waals surface area (Å²) in [5, 5.41) is 5.17. The van der Waals surface area contributed by atoms with E-state index in [1.807, 2.05) is 31.2 Å². The SMILES string of the molecule is CCNCCC(=O)c1cccc2cnccc12. The molecule has 88 valence electrons. The van der Waals surface area contributed by atoms with Gasteiger partial charge >= 0.3 is 0 Å². The predicted molar refractivity (Wildman–Crippen MR) is 69.2 cm³/mol. The van der Waals surface area contributed by atoms with Crippen LogP contribution in [0.5, 0.6) is 0 Å². The largest absolute Gasteiger partial charge is 0.317 e. The summed E-state index contributed by atoms with van der Waals surface area (Å²) in [6, 6.07) is 7.67. The van der Waals surface area contributed by atoms with E-state index < -0.39 is 0 Å². The fourth-order valence-electron chi connectivity index (χ4n) is 1.88. The number of Topliss-reactive ketones (excluding diaryl/α,β-unsaturated/α-hetero) is 1. The second-order valence-electron chi connectivity index (χ2n) is 3.93. The summed E-state index contributed by atoms with van der Waals surface area (Å²) in [4.78, 5) is 16.1. The molecule has 0 fully saturated rings. The van der Waals surface area contributed by atoms with Gasteiger partial charge in [-0.25, -0.2) is 0 Å². The van der Waals surface area contributed by atoms with Gasteiger partial charge in [-0.2, -0.15) is 0 Å². The molecule has 0 amide bonds. The molecule has 17 heavy (non-hydrogen) atoms. The number of rotatable bonds is 5. The third-order valence-corrected chi connectivity index (χ3v) is 2.76. The number of hydrogen-bond donors (Lipinski definition) is 1. The minimum atomic E-state index is 0.183. The zero-order valence-corrected chi connectivity index (χ0v) is 9.94. The average Bonchev–Trinajstić information content (AvgIpc) is 2.38. The van der Waals surface area contributed by atoms with Crippen LogP contribution in [0.1, 0.15) is 23.7 Å². The van der Waals surface area contributed by atoms with Crippen molar-refractivity contribution in [2.24, 2.45) is 0 Å². The van der Waals surface area contributed by atoms with Crippen molar-refractivity contribution in [2.45, 2.75) is 13.3 Å². The number of carbonyl (C=O) groups excluding carboxylic acids is 1. The van der Waals surface area contributed by atoms with Gasteiger partial charge in [-0.3, -0.25) is 9.78 Å².